The van der Waals surface area contributed by atoms with Crippen LogP contribution in [-0.2, 0) is 19.1 Å². The lowest BCUT2D eigenvalue weighted by Crippen LogP contribution is -2.59. The SMILES string of the molecule is C[C@]12CC[C@H]3[C@@H](CCC4=CC(=O)CC[C@@H]43)[C@@H]1C[C@H]1O[C@@H](c3ccc(Br)cc3)O[C@]12C(=O)CF. The molecule has 0 radical (unpaired) electrons. The van der Waals surface area contributed by atoms with E-state index in [1.165, 1.54) is 5.57 Å². The Morgan fingerprint density at radius 1 is 1.15 bits per heavy atom. The first-order valence-corrected chi connectivity index (χ1v) is 13.1. The van der Waals surface area contributed by atoms with Crippen LogP contribution in [0.5, 0.6) is 0 Å². The van der Waals surface area contributed by atoms with E-state index in [1.54, 1.807) is 0 Å². The van der Waals surface area contributed by atoms with Gasteiger partial charge in [-0.05, 0) is 80.4 Å². The maximum Gasteiger partial charge on any atom is 0.198 e. The molecular weight excluding hydrogens is 487 g/mol. The zero-order valence-corrected chi connectivity index (χ0v) is 20.5. The van der Waals surface area contributed by atoms with Crippen molar-refractivity contribution in [3.63, 3.8) is 0 Å². The Hall–Kier alpha value is -1.37. The maximum absolute atomic E-state index is 14.0. The van der Waals surface area contributed by atoms with Gasteiger partial charge >= 0.3 is 0 Å². The molecule has 0 bridgehead atoms. The summed E-state index contributed by atoms with van der Waals surface area (Å²) >= 11 is 3.45. The number of halogens is 2. The highest BCUT2D eigenvalue weighted by Gasteiger charge is 2.74. The summed E-state index contributed by atoms with van der Waals surface area (Å²) in [5.74, 6) is 1.56. The molecule has 0 unspecified atom stereocenters. The van der Waals surface area contributed by atoms with Gasteiger partial charge in [-0.1, -0.05) is 40.6 Å². The molecule has 4 nitrogen and oxygen atoms in total. The van der Waals surface area contributed by atoms with Crippen LogP contribution in [0.1, 0.15) is 63.7 Å². The van der Waals surface area contributed by atoms with E-state index >= 15 is 0 Å². The second-order valence-electron chi connectivity index (χ2n) is 10.9. The highest BCUT2D eigenvalue weighted by atomic mass is 79.9. The predicted octanol–water partition coefficient (Wildman–Crippen LogP) is 5.89. The van der Waals surface area contributed by atoms with E-state index in [1.807, 2.05) is 30.3 Å². The smallest absolute Gasteiger partial charge is 0.198 e. The fourth-order valence-electron chi connectivity index (χ4n) is 8.30. The molecule has 1 aromatic carbocycles. The van der Waals surface area contributed by atoms with Crippen LogP contribution < -0.4 is 0 Å². The predicted molar refractivity (Wildman–Crippen MR) is 124 cm³/mol. The van der Waals surface area contributed by atoms with E-state index < -0.39 is 35.9 Å². The van der Waals surface area contributed by atoms with Crippen molar-refractivity contribution in [1.29, 1.82) is 0 Å². The summed E-state index contributed by atoms with van der Waals surface area (Å²) in [6.45, 7) is 1.13. The number of allylic oxidation sites excluding steroid dienone is 1. The van der Waals surface area contributed by atoms with E-state index in [-0.39, 0.29) is 11.7 Å². The molecule has 176 valence electrons. The molecule has 33 heavy (non-hydrogen) atoms. The molecule has 6 heteroatoms. The highest BCUT2D eigenvalue weighted by molar-refractivity contribution is 9.10. The molecular formula is C27H30BrFO4. The zero-order valence-electron chi connectivity index (χ0n) is 18.9. The van der Waals surface area contributed by atoms with E-state index in [2.05, 4.69) is 22.9 Å². The molecule has 0 amide bonds. The third kappa shape index (κ3) is 3.06. The number of fused-ring (bicyclic) bond motifs is 7. The fourth-order valence-corrected chi connectivity index (χ4v) is 8.56. The first kappa shape index (κ1) is 22.1. The molecule has 1 heterocycles. The Labute approximate surface area is 202 Å². The normalized spacial score (nSPS) is 43.8. The molecule has 8 atom stereocenters. The van der Waals surface area contributed by atoms with Crippen molar-refractivity contribution >= 4 is 27.5 Å². The summed E-state index contributed by atoms with van der Waals surface area (Å²) in [5.41, 5.74) is 0.518. The van der Waals surface area contributed by atoms with Gasteiger partial charge in [-0.2, -0.15) is 0 Å². The van der Waals surface area contributed by atoms with Gasteiger partial charge in [0.05, 0.1) is 6.10 Å². The van der Waals surface area contributed by atoms with Gasteiger partial charge in [0.25, 0.3) is 0 Å². The quantitative estimate of drug-likeness (QED) is 0.502. The number of benzene rings is 1. The van der Waals surface area contributed by atoms with Crippen molar-refractivity contribution < 1.29 is 23.5 Å². The molecule has 4 aliphatic carbocycles. The minimum Gasteiger partial charge on any atom is -0.342 e. The first-order valence-electron chi connectivity index (χ1n) is 12.3. The molecule has 1 saturated heterocycles. The van der Waals surface area contributed by atoms with E-state index in [9.17, 15) is 14.0 Å². The zero-order chi connectivity index (χ0) is 23.0. The lowest BCUT2D eigenvalue weighted by molar-refractivity contribution is -0.184. The molecule has 0 aromatic heterocycles. The van der Waals surface area contributed by atoms with Crippen LogP contribution in [0.4, 0.5) is 4.39 Å². The summed E-state index contributed by atoms with van der Waals surface area (Å²) in [4.78, 5) is 25.3. The van der Waals surface area contributed by atoms with Crippen LogP contribution >= 0.6 is 15.9 Å². The molecule has 6 rings (SSSR count). The van der Waals surface area contributed by atoms with Gasteiger partial charge in [-0.15, -0.1) is 0 Å². The standard InChI is InChI=1S/C27H30BrFO4/c1-26-11-10-20-19-9-7-18(30)12-16(19)4-8-21(20)22(26)13-24-27(26,23(31)14-29)33-25(32-24)15-2-5-17(28)6-3-15/h2-3,5-6,12,19-22,24-25H,4,7-11,13-14H2,1H3/t19-,20+,21+,22-,24+,25+,26-,27+/m0/s1. The number of rotatable bonds is 3. The summed E-state index contributed by atoms with van der Waals surface area (Å²) in [6, 6.07) is 7.72. The van der Waals surface area contributed by atoms with Crippen molar-refractivity contribution in [3.05, 3.63) is 46.0 Å². The Bertz CT molecular complexity index is 1020. The average molecular weight is 517 g/mol. The van der Waals surface area contributed by atoms with Gasteiger partial charge in [0.1, 0.15) is 0 Å². The molecule has 1 aliphatic heterocycles. The second kappa shape index (κ2) is 7.82. The Kier molecular flexibility index (Phi) is 5.24. The van der Waals surface area contributed by atoms with Crippen LogP contribution in [0.2, 0.25) is 0 Å². The fraction of sp³-hybridized carbons (Fsp3) is 0.630. The van der Waals surface area contributed by atoms with Crippen LogP contribution in [0.3, 0.4) is 0 Å². The van der Waals surface area contributed by atoms with Crippen molar-refractivity contribution in [2.75, 3.05) is 6.67 Å². The van der Waals surface area contributed by atoms with Crippen molar-refractivity contribution in [3.8, 4) is 0 Å². The lowest BCUT2D eigenvalue weighted by atomic mass is 9.50. The monoisotopic (exact) mass is 516 g/mol. The van der Waals surface area contributed by atoms with Crippen LogP contribution in [0.25, 0.3) is 0 Å². The summed E-state index contributed by atoms with van der Waals surface area (Å²) in [7, 11) is 0. The minimum atomic E-state index is -1.23. The van der Waals surface area contributed by atoms with Crippen molar-refractivity contribution in [1.82, 2.24) is 0 Å². The molecule has 5 aliphatic rings. The summed E-state index contributed by atoms with van der Waals surface area (Å²) in [6.07, 6.45) is 6.98. The number of hydrogen-bond acceptors (Lipinski definition) is 4. The van der Waals surface area contributed by atoms with Crippen molar-refractivity contribution in [2.24, 2.45) is 29.1 Å². The summed E-state index contributed by atoms with van der Waals surface area (Å²) < 4.78 is 28.0. The van der Waals surface area contributed by atoms with E-state index in [4.69, 9.17) is 9.47 Å². The largest absolute Gasteiger partial charge is 0.342 e. The molecule has 4 fully saturated rings. The second-order valence-corrected chi connectivity index (χ2v) is 11.8. The number of hydrogen-bond donors (Lipinski definition) is 0. The Balaban J connectivity index is 1.34. The number of alkyl halides is 1. The van der Waals surface area contributed by atoms with Gasteiger partial charge in [0, 0.05) is 21.9 Å². The topological polar surface area (TPSA) is 52.6 Å². The minimum absolute atomic E-state index is 0.266. The third-order valence-electron chi connectivity index (χ3n) is 9.72. The van der Waals surface area contributed by atoms with Crippen molar-refractivity contribution in [2.45, 2.75) is 69.9 Å². The van der Waals surface area contributed by atoms with E-state index in [0.717, 1.165) is 48.6 Å². The van der Waals surface area contributed by atoms with Gasteiger partial charge in [-0.25, -0.2) is 4.39 Å². The summed E-state index contributed by atoms with van der Waals surface area (Å²) in [5, 5.41) is 0. The third-order valence-corrected chi connectivity index (χ3v) is 10.2. The van der Waals surface area contributed by atoms with E-state index in [0.29, 0.717) is 24.2 Å². The first-order chi connectivity index (χ1) is 15.9. The van der Waals surface area contributed by atoms with Crippen LogP contribution in [0, 0.1) is 29.1 Å². The number of Topliss-reactive ketones (excluding diaryl/α,β-unsaturated/α-hetero) is 1. The maximum atomic E-state index is 14.0. The average Bonchev–Trinajstić information content (AvgIpc) is 3.31. The van der Waals surface area contributed by atoms with Crippen LogP contribution in [0.15, 0.2) is 40.4 Å². The van der Waals surface area contributed by atoms with Gasteiger partial charge in [0.15, 0.2) is 30.1 Å². The van der Waals surface area contributed by atoms with Gasteiger partial charge in [-0.3, -0.25) is 9.59 Å². The molecule has 0 spiro atoms. The molecule has 3 saturated carbocycles. The lowest BCUT2D eigenvalue weighted by Gasteiger charge is -2.55. The van der Waals surface area contributed by atoms with Gasteiger partial charge in [0.2, 0.25) is 0 Å². The molecule has 0 N–H and O–H groups in total. The van der Waals surface area contributed by atoms with Gasteiger partial charge < -0.3 is 9.47 Å². The highest BCUT2D eigenvalue weighted by Crippen LogP contribution is 2.69. The number of ether oxygens (including phenoxy) is 2. The Morgan fingerprint density at radius 2 is 1.94 bits per heavy atom. The number of carbonyl (C=O) groups excluding carboxylic acids is 2. The Morgan fingerprint density at radius 3 is 2.70 bits per heavy atom. The number of ketones is 2. The number of carbonyl (C=O) groups is 2. The van der Waals surface area contributed by atoms with Crippen LogP contribution in [-0.4, -0.2) is 29.9 Å². The molecule has 1 aromatic rings.